The minimum Gasteiger partial charge on any atom is -0.300 e. The van der Waals surface area contributed by atoms with Crippen molar-refractivity contribution in [2.45, 2.75) is 39.7 Å². The van der Waals surface area contributed by atoms with Crippen LogP contribution in [-0.2, 0) is 0 Å². The molecule has 0 spiro atoms. The summed E-state index contributed by atoms with van der Waals surface area (Å²) in [6.45, 7) is 8.50. The average Bonchev–Trinajstić information content (AvgIpc) is 2.05. The van der Waals surface area contributed by atoms with E-state index in [9.17, 15) is 0 Å². The first-order valence-electron chi connectivity index (χ1n) is 4.37. The van der Waals surface area contributed by atoms with Gasteiger partial charge in [0.2, 0.25) is 0 Å². The highest BCUT2D eigenvalue weighted by Gasteiger charge is 2.07. The van der Waals surface area contributed by atoms with E-state index < -0.39 is 0 Å². The molecule has 0 aliphatic heterocycles. The Kier molecular flexibility index (Phi) is 5.87. The Balaban J connectivity index is 3.67. The Morgan fingerprint density at radius 1 is 1.45 bits per heavy atom. The van der Waals surface area contributed by atoms with Crippen molar-refractivity contribution in [3.8, 4) is 6.07 Å². The summed E-state index contributed by atoms with van der Waals surface area (Å²) in [6.07, 6.45) is 1.82. The molecule has 0 rings (SSSR count). The van der Waals surface area contributed by atoms with E-state index in [0.29, 0.717) is 12.5 Å². The first kappa shape index (κ1) is 10.4. The summed E-state index contributed by atoms with van der Waals surface area (Å²) in [6, 6.07) is 2.79. The van der Waals surface area contributed by atoms with Crippen molar-refractivity contribution >= 4 is 0 Å². The predicted octanol–water partition coefficient (Wildman–Crippen LogP) is 2.02. The third kappa shape index (κ3) is 4.00. The lowest BCUT2D eigenvalue weighted by Gasteiger charge is -2.25. The topological polar surface area (TPSA) is 27.0 Å². The molecular formula is C9H18N2. The maximum absolute atomic E-state index is 8.39. The summed E-state index contributed by atoms with van der Waals surface area (Å²) >= 11 is 0. The zero-order chi connectivity index (χ0) is 8.69. The van der Waals surface area contributed by atoms with E-state index in [4.69, 9.17) is 5.26 Å². The van der Waals surface area contributed by atoms with Crippen LogP contribution in [0.5, 0.6) is 0 Å². The highest BCUT2D eigenvalue weighted by atomic mass is 15.1. The van der Waals surface area contributed by atoms with E-state index in [2.05, 4.69) is 31.7 Å². The predicted molar refractivity (Wildman–Crippen MR) is 47.2 cm³/mol. The summed E-state index contributed by atoms with van der Waals surface area (Å²) in [7, 11) is 0. The van der Waals surface area contributed by atoms with Crippen molar-refractivity contribution < 1.29 is 0 Å². The van der Waals surface area contributed by atoms with Gasteiger partial charge in [-0.2, -0.15) is 5.26 Å². The quantitative estimate of drug-likeness (QED) is 0.605. The van der Waals surface area contributed by atoms with Gasteiger partial charge in [-0.05, 0) is 19.9 Å². The summed E-state index contributed by atoms with van der Waals surface area (Å²) in [4.78, 5) is 2.34. The first-order valence-corrected chi connectivity index (χ1v) is 4.37. The third-order valence-corrected chi connectivity index (χ3v) is 2.13. The normalized spacial score (nSPS) is 13.0. The number of rotatable bonds is 5. The minimum absolute atomic E-state index is 0.619. The molecule has 0 aliphatic rings. The van der Waals surface area contributed by atoms with Gasteiger partial charge in [-0.1, -0.05) is 13.8 Å². The molecule has 0 heterocycles. The molecule has 0 amide bonds. The second-order valence-electron chi connectivity index (χ2n) is 2.79. The van der Waals surface area contributed by atoms with Crippen LogP contribution in [0, 0.1) is 11.3 Å². The Bertz CT molecular complexity index is 126. The lowest BCUT2D eigenvalue weighted by Crippen LogP contribution is -2.33. The van der Waals surface area contributed by atoms with Gasteiger partial charge in [-0.3, -0.25) is 4.90 Å². The molecule has 1 atom stereocenters. The number of hydrogen-bond donors (Lipinski definition) is 0. The molecule has 11 heavy (non-hydrogen) atoms. The molecule has 0 saturated heterocycles. The molecule has 1 unspecified atom stereocenters. The SMILES string of the molecule is CCC(C)N(CC)CCC#N. The van der Waals surface area contributed by atoms with Crippen molar-refractivity contribution in [3.05, 3.63) is 0 Å². The van der Waals surface area contributed by atoms with Gasteiger partial charge in [0.05, 0.1) is 6.07 Å². The van der Waals surface area contributed by atoms with E-state index in [1.165, 1.54) is 6.42 Å². The molecule has 2 heteroatoms. The first-order chi connectivity index (χ1) is 5.26. The molecule has 0 aromatic heterocycles. The van der Waals surface area contributed by atoms with E-state index in [1.807, 2.05) is 0 Å². The zero-order valence-electron chi connectivity index (χ0n) is 7.80. The Morgan fingerprint density at radius 2 is 2.09 bits per heavy atom. The van der Waals surface area contributed by atoms with Gasteiger partial charge < -0.3 is 0 Å². The van der Waals surface area contributed by atoms with Crippen LogP contribution in [-0.4, -0.2) is 24.0 Å². The molecule has 0 fully saturated rings. The average molecular weight is 154 g/mol. The maximum Gasteiger partial charge on any atom is 0.0635 e. The van der Waals surface area contributed by atoms with Crippen LogP contribution in [0.15, 0.2) is 0 Å². The Morgan fingerprint density at radius 3 is 2.45 bits per heavy atom. The molecule has 0 radical (unpaired) electrons. The smallest absolute Gasteiger partial charge is 0.0635 e. The molecule has 64 valence electrons. The number of nitriles is 1. The minimum atomic E-state index is 0.619. The highest BCUT2D eigenvalue weighted by molar-refractivity contribution is 4.74. The largest absolute Gasteiger partial charge is 0.300 e. The summed E-state index contributed by atoms with van der Waals surface area (Å²) in [5.74, 6) is 0. The van der Waals surface area contributed by atoms with Crippen LogP contribution < -0.4 is 0 Å². The van der Waals surface area contributed by atoms with Crippen molar-refractivity contribution in [2.75, 3.05) is 13.1 Å². The molecular weight excluding hydrogens is 136 g/mol. The standard InChI is InChI=1S/C9H18N2/c1-4-9(3)11(5-2)8-6-7-10/h9H,4-6,8H2,1-3H3. The van der Waals surface area contributed by atoms with Crippen LogP contribution in [0.3, 0.4) is 0 Å². The van der Waals surface area contributed by atoms with Gasteiger partial charge in [-0.25, -0.2) is 0 Å². The lowest BCUT2D eigenvalue weighted by atomic mass is 10.2. The van der Waals surface area contributed by atoms with Crippen molar-refractivity contribution in [1.82, 2.24) is 4.90 Å². The highest BCUT2D eigenvalue weighted by Crippen LogP contribution is 2.02. The zero-order valence-corrected chi connectivity index (χ0v) is 7.80. The summed E-state index contributed by atoms with van der Waals surface area (Å²) in [5.41, 5.74) is 0. The summed E-state index contributed by atoms with van der Waals surface area (Å²) < 4.78 is 0. The maximum atomic E-state index is 8.39. The Hall–Kier alpha value is -0.550. The van der Waals surface area contributed by atoms with E-state index >= 15 is 0 Å². The van der Waals surface area contributed by atoms with Crippen molar-refractivity contribution in [2.24, 2.45) is 0 Å². The monoisotopic (exact) mass is 154 g/mol. The second kappa shape index (κ2) is 6.18. The molecule has 0 N–H and O–H groups in total. The van der Waals surface area contributed by atoms with E-state index in [0.717, 1.165) is 13.1 Å². The summed E-state index contributed by atoms with van der Waals surface area (Å²) in [5, 5.41) is 8.39. The molecule has 0 aromatic carbocycles. The van der Waals surface area contributed by atoms with Gasteiger partial charge >= 0.3 is 0 Å². The fourth-order valence-corrected chi connectivity index (χ4v) is 1.14. The lowest BCUT2D eigenvalue weighted by molar-refractivity contribution is 0.219. The van der Waals surface area contributed by atoms with Crippen molar-refractivity contribution in [1.29, 1.82) is 5.26 Å². The molecule has 2 nitrogen and oxygen atoms in total. The van der Waals surface area contributed by atoms with Crippen molar-refractivity contribution in [3.63, 3.8) is 0 Å². The van der Waals surface area contributed by atoms with Crippen LogP contribution in [0.4, 0.5) is 0 Å². The van der Waals surface area contributed by atoms with Gasteiger partial charge in [0, 0.05) is 19.0 Å². The molecule has 0 aromatic rings. The third-order valence-electron chi connectivity index (χ3n) is 2.13. The van der Waals surface area contributed by atoms with Gasteiger partial charge in [-0.15, -0.1) is 0 Å². The molecule has 0 bridgehead atoms. The van der Waals surface area contributed by atoms with Crippen LogP contribution in [0.25, 0.3) is 0 Å². The fraction of sp³-hybridized carbons (Fsp3) is 0.889. The van der Waals surface area contributed by atoms with Gasteiger partial charge in [0.15, 0.2) is 0 Å². The van der Waals surface area contributed by atoms with Gasteiger partial charge in [0.1, 0.15) is 0 Å². The van der Waals surface area contributed by atoms with E-state index in [-0.39, 0.29) is 0 Å². The number of hydrogen-bond acceptors (Lipinski definition) is 2. The molecule has 0 aliphatic carbocycles. The number of nitrogens with zero attached hydrogens (tertiary/aromatic N) is 2. The van der Waals surface area contributed by atoms with Crippen LogP contribution >= 0.6 is 0 Å². The molecule has 0 saturated carbocycles. The van der Waals surface area contributed by atoms with Crippen LogP contribution in [0.1, 0.15) is 33.6 Å². The van der Waals surface area contributed by atoms with E-state index in [1.54, 1.807) is 0 Å². The fourth-order valence-electron chi connectivity index (χ4n) is 1.14. The van der Waals surface area contributed by atoms with Crippen LogP contribution in [0.2, 0.25) is 0 Å². The van der Waals surface area contributed by atoms with Gasteiger partial charge in [0.25, 0.3) is 0 Å². The Labute approximate surface area is 69.8 Å². The second-order valence-corrected chi connectivity index (χ2v) is 2.79.